The molecule has 0 amide bonds. The third kappa shape index (κ3) is 6.38. The highest BCUT2D eigenvalue weighted by molar-refractivity contribution is 14.0. The van der Waals surface area contributed by atoms with Crippen LogP contribution < -0.4 is 10.6 Å². The first-order valence-electron chi connectivity index (χ1n) is 8.70. The van der Waals surface area contributed by atoms with E-state index in [0.717, 1.165) is 51.8 Å². The zero-order valence-electron chi connectivity index (χ0n) is 15.0. The van der Waals surface area contributed by atoms with Crippen LogP contribution in [0.2, 0.25) is 0 Å². The minimum Gasteiger partial charge on any atom is -0.385 e. The van der Waals surface area contributed by atoms with Crippen molar-refractivity contribution in [2.75, 3.05) is 46.6 Å². The Kier molecular flexibility index (Phi) is 9.15. The normalized spacial score (nSPS) is 22.1. The number of hydrogen-bond acceptors (Lipinski definition) is 3. The number of aliphatic imine (C=N–C) groups is 1. The maximum Gasteiger partial charge on any atom is 0.191 e. The van der Waals surface area contributed by atoms with Gasteiger partial charge in [-0.15, -0.1) is 24.0 Å². The van der Waals surface area contributed by atoms with Gasteiger partial charge in [0.25, 0.3) is 0 Å². The predicted molar refractivity (Wildman–Crippen MR) is 106 cm³/mol. The van der Waals surface area contributed by atoms with Gasteiger partial charge in [0, 0.05) is 32.2 Å². The van der Waals surface area contributed by atoms with Gasteiger partial charge in [-0.25, -0.2) is 0 Å². The lowest BCUT2D eigenvalue weighted by atomic mass is 9.83. The summed E-state index contributed by atoms with van der Waals surface area (Å²) in [4.78, 5) is 4.76. The minimum atomic E-state index is 0. The topological polar surface area (TPSA) is 54.9 Å². The molecule has 2 aliphatic rings. The smallest absolute Gasteiger partial charge is 0.191 e. The van der Waals surface area contributed by atoms with Crippen molar-refractivity contribution in [3.63, 3.8) is 0 Å². The van der Waals surface area contributed by atoms with Crippen LogP contribution in [0, 0.1) is 10.8 Å². The van der Waals surface area contributed by atoms with Crippen LogP contribution in [-0.2, 0) is 9.47 Å². The van der Waals surface area contributed by atoms with Crippen LogP contribution >= 0.6 is 24.0 Å². The van der Waals surface area contributed by atoms with E-state index >= 15 is 0 Å². The Bertz CT molecular complexity index is 367. The van der Waals surface area contributed by atoms with Crippen LogP contribution in [0.4, 0.5) is 0 Å². The maximum absolute atomic E-state index is 5.31. The Morgan fingerprint density at radius 2 is 1.91 bits per heavy atom. The lowest BCUT2D eigenvalue weighted by Crippen LogP contribution is -2.46. The van der Waals surface area contributed by atoms with Crippen LogP contribution in [-0.4, -0.2) is 52.5 Å². The van der Waals surface area contributed by atoms with E-state index < -0.39 is 0 Å². The standard InChI is InChI=1S/C17H33N3O2.HI/c1-4-18-15(19-11-16(2)13-22-14-16)20-12-17(9-10-21-3)7-5-6-8-17;/h4-14H2,1-3H3,(H2,18,19,20);1H. The van der Waals surface area contributed by atoms with E-state index in [-0.39, 0.29) is 29.4 Å². The molecule has 0 unspecified atom stereocenters. The molecule has 0 spiro atoms. The molecule has 2 N–H and O–H groups in total. The summed E-state index contributed by atoms with van der Waals surface area (Å²) >= 11 is 0. The van der Waals surface area contributed by atoms with Crippen molar-refractivity contribution < 1.29 is 9.47 Å². The Balaban J connectivity index is 0.00000264. The van der Waals surface area contributed by atoms with Crippen LogP contribution in [0.15, 0.2) is 4.99 Å². The number of halogens is 1. The quantitative estimate of drug-likeness (QED) is 0.347. The number of nitrogens with one attached hydrogen (secondary N) is 2. The van der Waals surface area contributed by atoms with E-state index in [0.29, 0.717) is 5.41 Å². The molecule has 1 saturated heterocycles. The summed E-state index contributed by atoms with van der Waals surface area (Å²) < 4.78 is 10.6. The monoisotopic (exact) mass is 439 g/mol. The molecule has 23 heavy (non-hydrogen) atoms. The average Bonchev–Trinajstić information content (AvgIpc) is 2.95. The van der Waals surface area contributed by atoms with Gasteiger partial charge in [0.15, 0.2) is 5.96 Å². The first kappa shape index (κ1) is 21.0. The zero-order valence-corrected chi connectivity index (χ0v) is 17.3. The lowest BCUT2D eigenvalue weighted by Gasteiger charge is -2.37. The van der Waals surface area contributed by atoms with E-state index in [4.69, 9.17) is 14.5 Å². The summed E-state index contributed by atoms with van der Waals surface area (Å²) in [5.74, 6) is 0.944. The summed E-state index contributed by atoms with van der Waals surface area (Å²) in [6.45, 7) is 9.57. The highest BCUT2D eigenvalue weighted by atomic mass is 127. The number of hydrogen-bond donors (Lipinski definition) is 2. The summed E-state index contributed by atoms with van der Waals surface area (Å²) in [5.41, 5.74) is 0.610. The largest absolute Gasteiger partial charge is 0.385 e. The average molecular weight is 439 g/mol. The van der Waals surface area contributed by atoms with Gasteiger partial charge in [0.05, 0.1) is 19.8 Å². The molecule has 0 atom stereocenters. The number of rotatable bonds is 8. The summed E-state index contributed by atoms with van der Waals surface area (Å²) in [6.07, 6.45) is 6.42. The fourth-order valence-electron chi connectivity index (χ4n) is 3.38. The molecule has 1 aliphatic carbocycles. The first-order chi connectivity index (χ1) is 10.6. The van der Waals surface area contributed by atoms with Crippen molar-refractivity contribution in [3.8, 4) is 0 Å². The molecule has 2 fully saturated rings. The third-order valence-corrected chi connectivity index (χ3v) is 5.00. The Hall–Kier alpha value is -0.0800. The molecule has 0 bridgehead atoms. The minimum absolute atomic E-state index is 0. The van der Waals surface area contributed by atoms with Crippen LogP contribution in [0.3, 0.4) is 0 Å². The van der Waals surface area contributed by atoms with Crippen molar-refractivity contribution in [1.82, 2.24) is 10.6 Å². The first-order valence-corrected chi connectivity index (χ1v) is 8.70. The summed E-state index contributed by atoms with van der Waals surface area (Å²) in [5, 5.41) is 6.94. The van der Waals surface area contributed by atoms with Gasteiger partial charge in [-0.3, -0.25) is 4.99 Å². The Labute approximate surface area is 158 Å². The van der Waals surface area contributed by atoms with Crippen molar-refractivity contribution in [2.45, 2.75) is 46.0 Å². The second-order valence-electron chi connectivity index (χ2n) is 7.30. The number of nitrogens with zero attached hydrogens (tertiary/aromatic N) is 1. The van der Waals surface area contributed by atoms with Crippen molar-refractivity contribution in [3.05, 3.63) is 0 Å². The van der Waals surface area contributed by atoms with E-state index in [1.165, 1.54) is 25.7 Å². The number of guanidine groups is 1. The zero-order chi connectivity index (χ0) is 15.9. The molecular weight excluding hydrogens is 405 g/mol. The molecule has 136 valence electrons. The second kappa shape index (κ2) is 10.0. The lowest BCUT2D eigenvalue weighted by molar-refractivity contribution is -0.0945. The predicted octanol–water partition coefficient (Wildman–Crippen LogP) is 2.79. The van der Waals surface area contributed by atoms with Crippen molar-refractivity contribution >= 4 is 29.9 Å². The van der Waals surface area contributed by atoms with Gasteiger partial charge in [-0.05, 0) is 31.6 Å². The molecule has 1 saturated carbocycles. The fraction of sp³-hybridized carbons (Fsp3) is 0.941. The van der Waals surface area contributed by atoms with Crippen LogP contribution in [0.5, 0.6) is 0 Å². The van der Waals surface area contributed by atoms with E-state index in [1.807, 2.05) is 0 Å². The number of ether oxygens (including phenoxy) is 2. The molecule has 2 rings (SSSR count). The maximum atomic E-state index is 5.31. The van der Waals surface area contributed by atoms with Gasteiger partial charge < -0.3 is 20.1 Å². The third-order valence-electron chi connectivity index (χ3n) is 5.00. The van der Waals surface area contributed by atoms with Gasteiger partial charge in [0.1, 0.15) is 0 Å². The fourth-order valence-corrected chi connectivity index (χ4v) is 3.38. The van der Waals surface area contributed by atoms with E-state index in [2.05, 4.69) is 24.5 Å². The van der Waals surface area contributed by atoms with Gasteiger partial charge in [0.2, 0.25) is 0 Å². The summed E-state index contributed by atoms with van der Waals surface area (Å²) in [6, 6.07) is 0. The van der Waals surface area contributed by atoms with Gasteiger partial charge in [-0.2, -0.15) is 0 Å². The summed E-state index contributed by atoms with van der Waals surface area (Å²) in [7, 11) is 1.79. The Morgan fingerprint density at radius 1 is 1.22 bits per heavy atom. The molecule has 1 heterocycles. The number of methoxy groups -OCH3 is 1. The molecule has 5 nitrogen and oxygen atoms in total. The molecule has 0 aromatic rings. The SMILES string of the molecule is CCNC(=NCC1(C)COC1)NCC1(CCOC)CCCC1.I. The second-order valence-corrected chi connectivity index (χ2v) is 7.30. The van der Waals surface area contributed by atoms with Gasteiger partial charge in [-0.1, -0.05) is 19.8 Å². The molecule has 0 radical (unpaired) electrons. The highest BCUT2D eigenvalue weighted by Gasteiger charge is 2.34. The molecule has 6 heteroatoms. The Morgan fingerprint density at radius 3 is 2.43 bits per heavy atom. The molecule has 1 aliphatic heterocycles. The van der Waals surface area contributed by atoms with Gasteiger partial charge >= 0.3 is 0 Å². The van der Waals surface area contributed by atoms with E-state index in [9.17, 15) is 0 Å². The van der Waals surface area contributed by atoms with Crippen molar-refractivity contribution in [1.29, 1.82) is 0 Å². The van der Waals surface area contributed by atoms with Crippen LogP contribution in [0.25, 0.3) is 0 Å². The molecule has 0 aromatic carbocycles. The van der Waals surface area contributed by atoms with E-state index in [1.54, 1.807) is 7.11 Å². The van der Waals surface area contributed by atoms with Crippen LogP contribution in [0.1, 0.15) is 46.0 Å². The highest BCUT2D eigenvalue weighted by Crippen LogP contribution is 2.40. The van der Waals surface area contributed by atoms with Crippen molar-refractivity contribution in [2.24, 2.45) is 15.8 Å². The molecular formula is C17H34IN3O2. The molecule has 0 aromatic heterocycles.